The highest BCUT2D eigenvalue weighted by atomic mass is 16.2. The minimum Gasteiger partial charge on any atom is -0.359 e. The Morgan fingerprint density at radius 1 is 1.11 bits per heavy atom. The van der Waals surface area contributed by atoms with Crippen LogP contribution in [0.25, 0.3) is 0 Å². The van der Waals surface area contributed by atoms with Crippen LogP contribution in [-0.2, 0) is 14.4 Å². The topological polar surface area (TPSA) is 78.5 Å². The van der Waals surface area contributed by atoms with Crippen LogP contribution in [0.15, 0.2) is 0 Å². The Labute approximate surface area is 108 Å². The molecule has 6 nitrogen and oxygen atoms in total. The molecule has 18 heavy (non-hydrogen) atoms. The molecule has 0 aliphatic heterocycles. The van der Waals surface area contributed by atoms with Crippen molar-refractivity contribution < 1.29 is 14.4 Å². The number of hydrogen-bond acceptors (Lipinski definition) is 3. The zero-order chi connectivity index (χ0) is 14.1. The second kappa shape index (κ2) is 8.49. The summed E-state index contributed by atoms with van der Waals surface area (Å²) in [6, 6.07) is -0.193. The number of nitrogens with zero attached hydrogens (tertiary/aromatic N) is 1. The number of amides is 3. The Hall–Kier alpha value is -1.59. The van der Waals surface area contributed by atoms with Crippen molar-refractivity contribution >= 4 is 17.7 Å². The minimum absolute atomic E-state index is 0.0150. The van der Waals surface area contributed by atoms with Crippen molar-refractivity contribution in [2.24, 2.45) is 0 Å². The molecule has 1 atom stereocenters. The first-order valence-corrected chi connectivity index (χ1v) is 6.07. The van der Waals surface area contributed by atoms with Gasteiger partial charge in [0.1, 0.15) is 0 Å². The van der Waals surface area contributed by atoms with E-state index in [4.69, 9.17) is 0 Å². The van der Waals surface area contributed by atoms with Crippen molar-refractivity contribution in [1.82, 2.24) is 15.5 Å². The lowest BCUT2D eigenvalue weighted by atomic mass is 10.2. The first kappa shape index (κ1) is 16.4. The van der Waals surface area contributed by atoms with E-state index in [0.717, 1.165) is 0 Å². The van der Waals surface area contributed by atoms with E-state index in [9.17, 15) is 14.4 Å². The van der Waals surface area contributed by atoms with Crippen LogP contribution in [0.1, 0.15) is 32.6 Å². The molecule has 0 fully saturated rings. The van der Waals surface area contributed by atoms with Crippen LogP contribution < -0.4 is 10.6 Å². The summed E-state index contributed by atoms with van der Waals surface area (Å²) in [6.45, 7) is 1.78. The van der Waals surface area contributed by atoms with Crippen molar-refractivity contribution in [3.05, 3.63) is 0 Å². The van der Waals surface area contributed by atoms with Crippen LogP contribution in [0.4, 0.5) is 0 Å². The quantitative estimate of drug-likeness (QED) is 0.667. The average Bonchev–Trinajstić information content (AvgIpc) is 2.27. The van der Waals surface area contributed by atoms with Crippen LogP contribution in [0.5, 0.6) is 0 Å². The van der Waals surface area contributed by atoms with E-state index < -0.39 is 0 Å². The van der Waals surface area contributed by atoms with Crippen molar-refractivity contribution in [3.8, 4) is 0 Å². The summed E-state index contributed by atoms with van der Waals surface area (Å²) in [6.07, 6.45) is 1.45. The molecule has 0 radical (unpaired) electrons. The van der Waals surface area contributed by atoms with Crippen molar-refractivity contribution in [2.45, 2.75) is 38.6 Å². The monoisotopic (exact) mass is 257 g/mol. The standard InChI is InChI=1S/C12H23N3O3/c1-9(8-11(17)13-2)14-10(16)6-5-7-12(18)15(3)4/h9H,5-8H2,1-4H3,(H,13,17)(H,14,16)/t9-/m0/s1. The average molecular weight is 257 g/mol. The van der Waals surface area contributed by atoms with E-state index in [1.807, 2.05) is 0 Å². The van der Waals surface area contributed by atoms with Gasteiger partial charge in [-0.15, -0.1) is 0 Å². The third-order valence-corrected chi connectivity index (χ3v) is 2.47. The molecule has 3 amide bonds. The molecule has 6 heteroatoms. The van der Waals surface area contributed by atoms with Crippen LogP contribution in [0, 0.1) is 0 Å². The lowest BCUT2D eigenvalue weighted by molar-refractivity contribution is -0.129. The fraction of sp³-hybridized carbons (Fsp3) is 0.750. The molecule has 0 aliphatic rings. The second-order valence-electron chi connectivity index (χ2n) is 4.49. The van der Waals surface area contributed by atoms with Gasteiger partial charge in [0.05, 0.1) is 0 Å². The molecular formula is C12H23N3O3. The SMILES string of the molecule is CNC(=O)C[C@H](C)NC(=O)CCCC(=O)N(C)C. The Balaban J connectivity index is 3.77. The zero-order valence-corrected chi connectivity index (χ0v) is 11.6. The van der Waals surface area contributed by atoms with E-state index in [0.29, 0.717) is 19.3 Å². The van der Waals surface area contributed by atoms with Gasteiger partial charge in [-0.05, 0) is 13.3 Å². The molecule has 0 bridgehead atoms. The van der Waals surface area contributed by atoms with Crippen LogP contribution in [0.3, 0.4) is 0 Å². The number of carbonyl (C=O) groups is 3. The van der Waals surface area contributed by atoms with Gasteiger partial charge in [-0.2, -0.15) is 0 Å². The predicted molar refractivity (Wildman–Crippen MR) is 68.8 cm³/mol. The zero-order valence-electron chi connectivity index (χ0n) is 11.6. The van der Waals surface area contributed by atoms with Gasteiger partial charge in [0.15, 0.2) is 0 Å². The molecule has 104 valence electrons. The molecule has 0 aliphatic carbocycles. The molecular weight excluding hydrogens is 234 g/mol. The molecule has 2 N–H and O–H groups in total. The van der Waals surface area contributed by atoms with Gasteiger partial charge in [-0.25, -0.2) is 0 Å². The highest BCUT2D eigenvalue weighted by Gasteiger charge is 2.11. The van der Waals surface area contributed by atoms with E-state index in [1.54, 1.807) is 28.1 Å². The van der Waals surface area contributed by atoms with Crippen molar-refractivity contribution in [1.29, 1.82) is 0 Å². The number of rotatable bonds is 7. The molecule has 0 saturated heterocycles. The molecule has 0 unspecified atom stereocenters. The van der Waals surface area contributed by atoms with Crippen LogP contribution in [0.2, 0.25) is 0 Å². The summed E-state index contributed by atoms with van der Waals surface area (Å²) in [5.74, 6) is -0.218. The maximum absolute atomic E-state index is 11.5. The summed E-state index contributed by atoms with van der Waals surface area (Å²) in [5.41, 5.74) is 0. The molecule has 0 rings (SSSR count). The number of hydrogen-bond donors (Lipinski definition) is 2. The summed E-state index contributed by atoms with van der Waals surface area (Å²) in [7, 11) is 4.94. The van der Waals surface area contributed by atoms with E-state index in [-0.39, 0.29) is 30.2 Å². The van der Waals surface area contributed by atoms with Gasteiger partial charge >= 0.3 is 0 Å². The first-order chi connectivity index (χ1) is 8.36. The van der Waals surface area contributed by atoms with E-state index >= 15 is 0 Å². The van der Waals surface area contributed by atoms with E-state index in [2.05, 4.69) is 10.6 Å². The van der Waals surface area contributed by atoms with Gasteiger partial charge in [-0.1, -0.05) is 0 Å². The fourth-order valence-corrected chi connectivity index (χ4v) is 1.40. The van der Waals surface area contributed by atoms with Crippen LogP contribution in [-0.4, -0.2) is 49.8 Å². The third kappa shape index (κ3) is 7.65. The van der Waals surface area contributed by atoms with E-state index in [1.165, 1.54) is 4.90 Å². The smallest absolute Gasteiger partial charge is 0.222 e. The van der Waals surface area contributed by atoms with Crippen molar-refractivity contribution in [3.63, 3.8) is 0 Å². The maximum Gasteiger partial charge on any atom is 0.222 e. The lowest BCUT2D eigenvalue weighted by Gasteiger charge is -2.13. The largest absolute Gasteiger partial charge is 0.359 e. The highest BCUT2D eigenvalue weighted by Crippen LogP contribution is 1.99. The van der Waals surface area contributed by atoms with Gasteiger partial charge in [0, 0.05) is 46.4 Å². The molecule has 0 spiro atoms. The normalized spacial score (nSPS) is 11.6. The molecule has 0 aromatic rings. The molecule has 0 aromatic heterocycles. The Kier molecular flexibility index (Phi) is 7.74. The van der Waals surface area contributed by atoms with Gasteiger partial charge < -0.3 is 15.5 Å². The highest BCUT2D eigenvalue weighted by molar-refractivity contribution is 5.80. The van der Waals surface area contributed by atoms with Gasteiger partial charge in [0.25, 0.3) is 0 Å². The molecule has 0 saturated carbocycles. The maximum atomic E-state index is 11.5. The lowest BCUT2D eigenvalue weighted by Crippen LogP contribution is -2.36. The summed E-state index contributed by atoms with van der Waals surface area (Å²) in [5, 5.41) is 5.22. The first-order valence-electron chi connectivity index (χ1n) is 6.07. The number of nitrogens with one attached hydrogen (secondary N) is 2. The number of carbonyl (C=O) groups excluding carboxylic acids is 3. The Morgan fingerprint density at radius 2 is 1.72 bits per heavy atom. The summed E-state index contributed by atoms with van der Waals surface area (Å²) < 4.78 is 0. The minimum atomic E-state index is -0.193. The predicted octanol–water partition coefficient (Wildman–Crippen LogP) is -0.114. The van der Waals surface area contributed by atoms with Crippen LogP contribution >= 0.6 is 0 Å². The molecule has 0 aromatic carbocycles. The summed E-state index contributed by atoms with van der Waals surface area (Å²) >= 11 is 0. The van der Waals surface area contributed by atoms with Crippen molar-refractivity contribution in [2.75, 3.05) is 21.1 Å². The summed E-state index contributed by atoms with van der Waals surface area (Å²) in [4.78, 5) is 35.4. The van der Waals surface area contributed by atoms with Gasteiger partial charge in [-0.3, -0.25) is 14.4 Å². The Bertz CT molecular complexity index is 303. The van der Waals surface area contributed by atoms with Gasteiger partial charge in [0.2, 0.25) is 17.7 Å². The second-order valence-corrected chi connectivity index (χ2v) is 4.49. The Morgan fingerprint density at radius 3 is 2.22 bits per heavy atom. The fourth-order valence-electron chi connectivity index (χ4n) is 1.40. The molecule has 0 heterocycles. The third-order valence-electron chi connectivity index (χ3n) is 2.47.